The molecule has 0 saturated carbocycles. The van der Waals surface area contributed by atoms with Crippen LogP contribution in [0, 0.1) is 6.92 Å². The van der Waals surface area contributed by atoms with Crippen LogP contribution in [0.1, 0.15) is 22.5 Å². The number of hydrogen-bond donors (Lipinski definition) is 1. The lowest BCUT2D eigenvalue weighted by Crippen LogP contribution is -2.25. The van der Waals surface area contributed by atoms with E-state index < -0.39 is 0 Å². The van der Waals surface area contributed by atoms with Gasteiger partial charge >= 0.3 is 0 Å². The molecule has 0 aliphatic carbocycles. The standard InChI is InChI=1S/C18H18N6OS/c1-13-6-10-23(22-13)9-3-7-20-18(25)14-12-21-24-15(5-8-19-17(14)24)16-4-2-11-26-16/h2,4-6,8,10-12H,3,7,9H2,1H3,(H,20,25). The molecular weight excluding hydrogens is 348 g/mol. The van der Waals surface area contributed by atoms with E-state index >= 15 is 0 Å². The number of aryl methyl sites for hydroxylation is 2. The van der Waals surface area contributed by atoms with Crippen molar-refractivity contribution in [3.8, 4) is 10.6 Å². The topological polar surface area (TPSA) is 77.1 Å². The number of rotatable bonds is 6. The molecule has 1 N–H and O–H groups in total. The minimum atomic E-state index is -0.160. The van der Waals surface area contributed by atoms with Crippen LogP contribution in [0.15, 0.2) is 48.2 Å². The molecular formula is C18H18N6OS. The van der Waals surface area contributed by atoms with Crippen LogP contribution in [0.2, 0.25) is 0 Å². The minimum Gasteiger partial charge on any atom is -0.352 e. The molecule has 26 heavy (non-hydrogen) atoms. The molecule has 8 heteroatoms. The number of carbonyl (C=O) groups excluding carboxylic acids is 1. The Kier molecular flexibility index (Phi) is 4.49. The Morgan fingerprint density at radius 1 is 1.31 bits per heavy atom. The lowest BCUT2D eigenvalue weighted by molar-refractivity contribution is 0.0954. The first-order valence-electron chi connectivity index (χ1n) is 8.37. The third-order valence-corrected chi connectivity index (χ3v) is 4.94. The molecule has 0 atom stereocenters. The molecule has 0 aromatic carbocycles. The van der Waals surface area contributed by atoms with Gasteiger partial charge in [0.15, 0.2) is 5.65 Å². The highest BCUT2D eigenvalue weighted by atomic mass is 32.1. The quantitative estimate of drug-likeness (QED) is 0.532. The fraction of sp³-hybridized carbons (Fsp3) is 0.222. The summed E-state index contributed by atoms with van der Waals surface area (Å²) in [5.74, 6) is -0.160. The number of nitrogens with zero attached hydrogens (tertiary/aromatic N) is 5. The lowest BCUT2D eigenvalue weighted by Gasteiger charge is -2.05. The highest BCUT2D eigenvalue weighted by Crippen LogP contribution is 2.25. The summed E-state index contributed by atoms with van der Waals surface area (Å²) in [7, 11) is 0. The van der Waals surface area contributed by atoms with Crippen LogP contribution in [-0.4, -0.2) is 36.8 Å². The summed E-state index contributed by atoms with van der Waals surface area (Å²) in [6, 6.07) is 7.89. The third kappa shape index (κ3) is 3.23. The van der Waals surface area contributed by atoms with Crippen LogP contribution in [0.25, 0.3) is 16.2 Å². The Morgan fingerprint density at radius 3 is 3.00 bits per heavy atom. The fourth-order valence-corrected chi connectivity index (χ4v) is 3.52. The molecule has 4 aromatic rings. The van der Waals surface area contributed by atoms with Gasteiger partial charge in [0.25, 0.3) is 5.91 Å². The van der Waals surface area contributed by atoms with E-state index in [1.54, 1.807) is 28.2 Å². The molecule has 132 valence electrons. The predicted octanol–water partition coefficient (Wildman–Crippen LogP) is 2.78. The summed E-state index contributed by atoms with van der Waals surface area (Å²) in [4.78, 5) is 17.9. The van der Waals surface area contributed by atoms with Crippen LogP contribution in [-0.2, 0) is 6.54 Å². The van der Waals surface area contributed by atoms with Crippen LogP contribution >= 0.6 is 11.3 Å². The highest BCUT2D eigenvalue weighted by Gasteiger charge is 2.16. The maximum absolute atomic E-state index is 12.5. The van der Waals surface area contributed by atoms with Gasteiger partial charge < -0.3 is 5.32 Å². The van der Waals surface area contributed by atoms with E-state index in [0.717, 1.165) is 29.2 Å². The second kappa shape index (κ2) is 7.09. The van der Waals surface area contributed by atoms with Gasteiger partial charge in [0.05, 0.1) is 22.5 Å². The maximum atomic E-state index is 12.5. The zero-order valence-corrected chi connectivity index (χ0v) is 15.1. The van der Waals surface area contributed by atoms with Gasteiger partial charge in [0.1, 0.15) is 5.56 Å². The predicted molar refractivity (Wildman–Crippen MR) is 100 cm³/mol. The fourth-order valence-electron chi connectivity index (χ4n) is 2.79. The number of hydrogen-bond acceptors (Lipinski definition) is 5. The zero-order valence-electron chi connectivity index (χ0n) is 14.3. The van der Waals surface area contributed by atoms with Crippen molar-refractivity contribution < 1.29 is 4.79 Å². The van der Waals surface area contributed by atoms with E-state index in [9.17, 15) is 4.79 Å². The van der Waals surface area contributed by atoms with Crippen molar-refractivity contribution in [1.29, 1.82) is 0 Å². The van der Waals surface area contributed by atoms with Gasteiger partial charge in [-0.2, -0.15) is 10.2 Å². The second-order valence-electron chi connectivity index (χ2n) is 5.93. The Morgan fingerprint density at radius 2 is 2.23 bits per heavy atom. The van der Waals surface area contributed by atoms with Gasteiger partial charge in [0, 0.05) is 25.5 Å². The first-order valence-corrected chi connectivity index (χ1v) is 9.25. The summed E-state index contributed by atoms with van der Waals surface area (Å²) in [6.07, 6.45) is 6.03. The van der Waals surface area contributed by atoms with Gasteiger partial charge in [-0.1, -0.05) is 6.07 Å². The van der Waals surface area contributed by atoms with E-state index in [1.807, 2.05) is 47.4 Å². The largest absolute Gasteiger partial charge is 0.352 e. The number of nitrogens with one attached hydrogen (secondary N) is 1. The summed E-state index contributed by atoms with van der Waals surface area (Å²) in [5.41, 5.74) is 2.97. The number of thiophene rings is 1. The third-order valence-electron chi connectivity index (χ3n) is 4.04. The van der Waals surface area contributed by atoms with Crippen LogP contribution < -0.4 is 5.32 Å². The van der Waals surface area contributed by atoms with Crippen LogP contribution in [0.3, 0.4) is 0 Å². The zero-order chi connectivity index (χ0) is 17.9. The SMILES string of the molecule is Cc1ccn(CCCNC(=O)c2cnn3c(-c4cccs4)ccnc23)n1. The number of aromatic nitrogens is 5. The van der Waals surface area contributed by atoms with Crippen molar-refractivity contribution in [1.82, 2.24) is 29.7 Å². The van der Waals surface area contributed by atoms with Gasteiger partial charge in [-0.15, -0.1) is 11.3 Å². The normalized spacial score (nSPS) is 11.1. The monoisotopic (exact) mass is 366 g/mol. The van der Waals surface area contributed by atoms with Gasteiger partial charge in [-0.25, -0.2) is 9.50 Å². The van der Waals surface area contributed by atoms with Gasteiger partial charge in [0.2, 0.25) is 0 Å². The van der Waals surface area contributed by atoms with Crippen molar-refractivity contribution in [3.05, 3.63) is 59.5 Å². The van der Waals surface area contributed by atoms with Crippen molar-refractivity contribution in [2.24, 2.45) is 0 Å². The van der Waals surface area contributed by atoms with E-state index in [2.05, 4.69) is 20.5 Å². The number of fused-ring (bicyclic) bond motifs is 1. The molecule has 0 aliphatic rings. The minimum absolute atomic E-state index is 0.160. The van der Waals surface area contributed by atoms with Crippen molar-refractivity contribution >= 4 is 22.9 Å². The average molecular weight is 366 g/mol. The first-order chi connectivity index (χ1) is 12.7. The van der Waals surface area contributed by atoms with Crippen molar-refractivity contribution in [3.63, 3.8) is 0 Å². The lowest BCUT2D eigenvalue weighted by atomic mass is 10.3. The van der Waals surface area contributed by atoms with E-state index in [4.69, 9.17) is 0 Å². The molecule has 0 unspecified atom stereocenters. The summed E-state index contributed by atoms with van der Waals surface area (Å²) >= 11 is 1.63. The number of carbonyl (C=O) groups is 1. The molecule has 0 saturated heterocycles. The van der Waals surface area contributed by atoms with Crippen LogP contribution in [0.4, 0.5) is 0 Å². The Bertz CT molecular complexity index is 1030. The first kappa shape index (κ1) is 16.5. The molecule has 0 aliphatic heterocycles. The molecule has 7 nitrogen and oxygen atoms in total. The molecule has 4 aromatic heterocycles. The second-order valence-corrected chi connectivity index (χ2v) is 6.88. The molecule has 4 rings (SSSR count). The smallest absolute Gasteiger partial charge is 0.256 e. The van der Waals surface area contributed by atoms with Crippen molar-refractivity contribution in [2.45, 2.75) is 19.9 Å². The molecule has 0 spiro atoms. The molecule has 0 radical (unpaired) electrons. The summed E-state index contributed by atoms with van der Waals surface area (Å²) in [6.45, 7) is 3.30. The average Bonchev–Trinajstić information content (AvgIpc) is 3.38. The summed E-state index contributed by atoms with van der Waals surface area (Å²) < 4.78 is 3.60. The molecule has 4 heterocycles. The van der Waals surface area contributed by atoms with Gasteiger partial charge in [-0.3, -0.25) is 9.48 Å². The van der Waals surface area contributed by atoms with E-state index in [-0.39, 0.29) is 5.91 Å². The molecule has 0 bridgehead atoms. The molecule has 1 amide bonds. The number of amides is 1. The maximum Gasteiger partial charge on any atom is 0.256 e. The Balaban J connectivity index is 1.45. The van der Waals surface area contributed by atoms with E-state index in [0.29, 0.717) is 17.8 Å². The van der Waals surface area contributed by atoms with Crippen LogP contribution in [0.5, 0.6) is 0 Å². The van der Waals surface area contributed by atoms with Gasteiger partial charge in [-0.05, 0) is 36.9 Å². The Labute approximate surface area is 154 Å². The highest BCUT2D eigenvalue weighted by molar-refractivity contribution is 7.13. The van der Waals surface area contributed by atoms with E-state index in [1.165, 1.54) is 0 Å². The Hall–Kier alpha value is -3.00. The summed E-state index contributed by atoms with van der Waals surface area (Å²) in [5, 5.41) is 13.6. The molecule has 0 fully saturated rings. The van der Waals surface area contributed by atoms with Crippen molar-refractivity contribution in [2.75, 3.05) is 6.54 Å².